The average molecular weight is 353 g/mol. The third-order valence-corrected chi connectivity index (χ3v) is 4.47. The molecule has 2 heterocycles. The lowest BCUT2D eigenvalue weighted by Crippen LogP contribution is -2.23. The highest BCUT2D eigenvalue weighted by Crippen LogP contribution is 2.40. The van der Waals surface area contributed by atoms with Gasteiger partial charge in [-0.2, -0.15) is 5.10 Å². The molecule has 2 aromatic carbocycles. The number of fused-ring (bicyclic) bond motifs is 2. The highest BCUT2D eigenvalue weighted by Gasteiger charge is 2.27. The molecule has 0 saturated heterocycles. The van der Waals surface area contributed by atoms with E-state index < -0.39 is 0 Å². The quantitative estimate of drug-likeness (QED) is 0.614. The fourth-order valence-corrected chi connectivity index (χ4v) is 3.29. The summed E-state index contributed by atoms with van der Waals surface area (Å²) < 4.78 is 5.37. The third kappa shape index (κ3) is 3.23. The van der Waals surface area contributed by atoms with Crippen LogP contribution >= 0.6 is 0 Å². The lowest BCUT2D eigenvalue weighted by Gasteiger charge is -2.27. The molecule has 1 amide bonds. The second kappa shape index (κ2) is 7.26. The highest BCUT2D eigenvalue weighted by atomic mass is 16.5. The summed E-state index contributed by atoms with van der Waals surface area (Å²) in [6.07, 6.45) is 2.24. The minimum atomic E-state index is -0.250. The number of carbonyl (C=O) groups is 2. The van der Waals surface area contributed by atoms with E-state index in [1.807, 2.05) is 19.1 Å². The van der Waals surface area contributed by atoms with Crippen LogP contribution in [0.4, 0.5) is 5.69 Å². The van der Waals surface area contributed by atoms with E-state index in [9.17, 15) is 4.79 Å². The van der Waals surface area contributed by atoms with Crippen molar-refractivity contribution in [1.82, 2.24) is 10.2 Å². The Hall–Kier alpha value is -3.35. The number of carboxylic acid groups (broad SMARTS) is 1. The number of nitrogens with zero attached hydrogens (tertiary/aromatic N) is 1. The molecule has 134 valence electrons. The molecule has 7 heteroatoms. The van der Waals surface area contributed by atoms with Crippen molar-refractivity contribution in [2.75, 3.05) is 12.4 Å². The molecule has 1 unspecified atom stereocenters. The number of aryl methyl sites for hydroxylation is 1. The Morgan fingerprint density at radius 1 is 1.31 bits per heavy atom. The van der Waals surface area contributed by atoms with Gasteiger partial charge in [-0.15, -0.1) is 0 Å². The van der Waals surface area contributed by atoms with Crippen molar-refractivity contribution in [2.24, 2.45) is 0 Å². The van der Waals surface area contributed by atoms with Crippen molar-refractivity contribution in [3.05, 3.63) is 53.2 Å². The Morgan fingerprint density at radius 3 is 2.81 bits per heavy atom. The van der Waals surface area contributed by atoms with Crippen LogP contribution in [0, 0.1) is 6.92 Å². The van der Waals surface area contributed by atoms with E-state index in [1.165, 1.54) is 0 Å². The van der Waals surface area contributed by atoms with E-state index in [4.69, 9.17) is 14.6 Å². The molecule has 0 bridgehead atoms. The molecule has 0 saturated carbocycles. The van der Waals surface area contributed by atoms with E-state index in [0.717, 1.165) is 39.0 Å². The van der Waals surface area contributed by atoms with Crippen LogP contribution in [0.2, 0.25) is 0 Å². The van der Waals surface area contributed by atoms with E-state index in [0.29, 0.717) is 6.42 Å². The van der Waals surface area contributed by atoms with Gasteiger partial charge in [0.25, 0.3) is 6.47 Å². The summed E-state index contributed by atoms with van der Waals surface area (Å²) in [7, 11) is 1.64. The van der Waals surface area contributed by atoms with E-state index in [1.54, 1.807) is 13.3 Å². The van der Waals surface area contributed by atoms with Gasteiger partial charge in [0.2, 0.25) is 5.91 Å². The van der Waals surface area contributed by atoms with Gasteiger partial charge < -0.3 is 15.2 Å². The van der Waals surface area contributed by atoms with Crippen LogP contribution in [-0.2, 0) is 9.59 Å². The third-order valence-electron chi connectivity index (χ3n) is 4.47. The van der Waals surface area contributed by atoms with Crippen molar-refractivity contribution in [3.63, 3.8) is 0 Å². The molecule has 3 aromatic rings. The van der Waals surface area contributed by atoms with Crippen LogP contribution in [0.3, 0.4) is 0 Å². The Balaban J connectivity index is 0.000000613. The minimum Gasteiger partial charge on any atom is -0.496 e. The first-order chi connectivity index (χ1) is 12.6. The number of hydrogen-bond donors (Lipinski definition) is 3. The molecule has 1 aliphatic rings. The number of nitrogens with one attached hydrogen (secondary N) is 2. The molecule has 0 fully saturated rings. The van der Waals surface area contributed by atoms with Gasteiger partial charge in [-0.25, -0.2) is 0 Å². The topological polar surface area (TPSA) is 104 Å². The molecule has 3 N–H and O–H groups in total. The summed E-state index contributed by atoms with van der Waals surface area (Å²) in [5.41, 5.74) is 5.12. The number of H-pyrrole nitrogens is 1. The summed E-state index contributed by atoms with van der Waals surface area (Å²) >= 11 is 0. The highest BCUT2D eigenvalue weighted by molar-refractivity contribution is 5.96. The Labute approximate surface area is 150 Å². The molecule has 4 rings (SSSR count). The van der Waals surface area contributed by atoms with Gasteiger partial charge in [0, 0.05) is 29.5 Å². The molecule has 1 aromatic heterocycles. The number of carbonyl (C=O) groups excluding carboxylic acids is 1. The van der Waals surface area contributed by atoms with Crippen LogP contribution in [0.1, 0.15) is 29.0 Å². The summed E-state index contributed by atoms with van der Waals surface area (Å²) in [6, 6.07) is 10.2. The van der Waals surface area contributed by atoms with Crippen LogP contribution in [0.5, 0.6) is 5.75 Å². The maximum Gasteiger partial charge on any atom is 0.290 e. The molecule has 0 spiro atoms. The van der Waals surface area contributed by atoms with Crippen LogP contribution in [0.25, 0.3) is 10.9 Å². The summed E-state index contributed by atoms with van der Waals surface area (Å²) in [5.74, 6) is 0.850. The van der Waals surface area contributed by atoms with Gasteiger partial charge in [-0.1, -0.05) is 12.1 Å². The molecule has 0 aliphatic carbocycles. The van der Waals surface area contributed by atoms with Gasteiger partial charge >= 0.3 is 0 Å². The second-order valence-corrected chi connectivity index (χ2v) is 6.04. The number of ether oxygens (including phenoxy) is 1. The first kappa shape index (κ1) is 17.5. The zero-order valence-electron chi connectivity index (χ0n) is 14.4. The monoisotopic (exact) mass is 353 g/mol. The zero-order chi connectivity index (χ0) is 18.7. The molecular formula is C19H19N3O4. The smallest absolute Gasteiger partial charge is 0.290 e. The van der Waals surface area contributed by atoms with Crippen molar-refractivity contribution in [3.8, 4) is 5.75 Å². The maximum absolute atomic E-state index is 12.1. The van der Waals surface area contributed by atoms with Crippen molar-refractivity contribution in [2.45, 2.75) is 19.3 Å². The first-order valence-corrected chi connectivity index (χ1v) is 8.06. The van der Waals surface area contributed by atoms with Crippen LogP contribution in [-0.4, -0.2) is 34.8 Å². The van der Waals surface area contributed by atoms with Gasteiger partial charge in [0.05, 0.1) is 18.8 Å². The molecule has 1 aliphatic heterocycles. The molecule has 7 nitrogen and oxygen atoms in total. The summed E-state index contributed by atoms with van der Waals surface area (Å²) in [5, 5.41) is 18.0. The molecule has 1 atom stereocenters. The van der Waals surface area contributed by atoms with Crippen molar-refractivity contribution in [1.29, 1.82) is 0 Å². The number of aromatic amines is 1. The van der Waals surface area contributed by atoms with Crippen molar-refractivity contribution < 1.29 is 19.4 Å². The normalized spacial score (nSPS) is 15.5. The van der Waals surface area contributed by atoms with E-state index >= 15 is 0 Å². The number of rotatable bonds is 2. The van der Waals surface area contributed by atoms with Crippen LogP contribution in [0.15, 0.2) is 36.5 Å². The Bertz CT molecular complexity index is 965. The minimum absolute atomic E-state index is 0.0260. The van der Waals surface area contributed by atoms with Crippen molar-refractivity contribution >= 4 is 29.0 Å². The molecule has 26 heavy (non-hydrogen) atoms. The van der Waals surface area contributed by atoms with Gasteiger partial charge in [-0.3, -0.25) is 14.7 Å². The lowest BCUT2D eigenvalue weighted by atomic mass is 9.83. The number of aromatic nitrogens is 2. The Morgan fingerprint density at radius 2 is 2.08 bits per heavy atom. The first-order valence-electron chi connectivity index (χ1n) is 8.06. The standard InChI is InChI=1S/C18H17N3O2.CH2O2/c1-10-5-14-13(7-18(22)20-16(14)8-17(10)23-2)11-3-4-12-9-19-21-15(12)6-11;2-1-3/h3-6,8-9,13H,7H2,1-2H3,(H,19,21)(H,20,22);1H,(H,2,3). The number of hydrogen-bond acceptors (Lipinski definition) is 4. The number of benzene rings is 2. The maximum atomic E-state index is 12.1. The largest absolute Gasteiger partial charge is 0.496 e. The van der Waals surface area contributed by atoms with Crippen LogP contribution < -0.4 is 10.1 Å². The average Bonchev–Trinajstić information content (AvgIpc) is 3.09. The molecular weight excluding hydrogens is 334 g/mol. The SMILES string of the molecule is COc1cc2c(cc1C)C(c1ccc3cn[nH]c3c1)CC(=O)N2.O=CO. The predicted octanol–water partition coefficient (Wildman–Crippen LogP) is 3.05. The molecule has 0 radical (unpaired) electrons. The number of methoxy groups -OCH3 is 1. The van der Waals surface area contributed by atoms with Gasteiger partial charge in [-0.05, 0) is 35.7 Å². The predicted molar refractivity (Wildman–Crippen MR) is 97.6 cm³/mol. The van der Waals surface area contributed by atoms with E-state index in [2.05, 4.69) is 33.7 Å². The van der Waals surface area contributed by atoms with Gasteiger partial charge in [0.1, 0.15) is 5.75 Å². The summed E-state index contributed by atoms with van der Waals surface area (Å²) in [4.78, 5) is 20.5. The number of anilines is 1. The second-order valence-electron chi connectivity index (χ2n) is 6.04. The summed E-state index contributed by atoms with van der Waals surface area (Å²) in [6.45, 7) is 1.77. The number of amides is 1. The lowest BCUT2D eigenvalue weighted by molar-refractivity contribution is -0.123. The van der Waals surface area contributed by atoms with E-state index in [-0.39, 0.29) is 18.3 Å². The fraction of sp³-hybridized carbons (Fsp3) is 0.211. The fourth-order valence-electron chi connectivity index (χ4n) is 3.29. The Kier molecular flexibility index (Phi) is 4.88. The van der Waals surface area contributed by atoms with Gasteiger partial charge in [0.15, 0.2) is 0 Å². The zero-order valence-corrected chi connectivity index (χ0v) is 14.4.